The number of carboxylic acid groups (broad SMARTS) is 1. The predicted octanol–water partition coefficient (Wildman–Crippen LogP) is 4.56. The molecule has 0 unspecified atom stereocenters. The molecule has 1 aromatic carbocycles. The first-order valence-corrected chi connectivity index (χ1v) is 11.4. The summed E-state index contributed by atoms with van der Waals surface area (Å²) >= 11 is 6.00. The number of aromatic nitrogens is 1. The molecule has 0 bridgehead atoms. The highest BCUT2D eigenvalue weighted by atomic mass is 35.5. The SMILES string of the molecule is COc1cc(Cl)ncc1NCC1(c2ccccc2C(C)C)CN(C(=O)CC(C)(C)C(=O)O)C1. The van der Waals surface area contributed by atoms with Gasteiger partial charge in [0.25, 0.3) is 0 Å². The second kappa shape index (κ2) is 9.59. The van der Waals surface area contributed by atoms with Gasteiger partial charge in [-0.25, -0.2) is 4.98 Å². The number of pyridine rings is 1. The minimum Gasteiger partial charge on any atom is -0.494 e. The van der Waals surface area contributed by atoms with Crippen LogP contribution in [0.2, 0.25) is 5.15 Å². The summed E-state index contributed by atoms with van der Waals surface area (Å²) in [6.45, 7) is 9.03. The summed E-state index contributed by atoms with van der Waals surface area (Å²) < 4.78 is 5.44. The van der Waals surface area contributed by atoms with Gasteiger partial charge in [-0.05, 0) is 30.9 Å². The van der Waals surface area contributed by atoms with Gasteiger partial charge in [0.05, 0.1) is 24.4 Å². The van der Waals surface area contributed by atoms with Crippen molar-refractivity contribution in [3.8, 4) is 5.75 Å². The van der Waals surface area contributed by atoms with Crippen LogP contribution in [0.5, 0.6) is 5.75 Å². The average molecular weight is 474 g/mol. The number of hydrogen-bond donors (Lipinski definition) is 2. The molecule has 33 heavy (non-hydrogen) atoms. The number of anilines is 1. The van der Waals surface area contributed by atoms with Crippen LogP contribution < -0.4 is 10.1 Å². The second-order valence-corrected chi connectivity index (χ2v) is 10.1. The molecule has 0 radical (unpaired) electrons. The Hall–Kier alpha value is -2.80. The summed E-state index contributed by atoms with van der Waals surface area (Å²) in [6, 6.07) is 9.96. The number of likely N-dealkylation sites (tertiary alicyclic amines) is 1. The Morgan fingerprint density at radius 3 is 2.58 bits per heavy atom. The molecule has 8 heteroatoms. The lowest BCUT2D eigenvalue weighted by atomic mass is 9.70. The molecule has 1 aromatic heterocycles. The van der Waals surface area contributed by atoms with E-state index >= 15 is 0 Å². The van der Waals surface area contributed by atoms with E-state index in [4.69, 9.17) is 16.3 Å². The number of ether oxygens (including phenoxy) is 1. The van der Waals surface area contributed by atoms with Crippen molar-refractivity contribution >= 4 is 29.2 Å². The minimum absolute atomic E-state index is 0.0351. The van der Waals surface area contributed by atoms with Gasteiger partial charge in [0.2, 0.25) is 5.91 Å². The van der Waals surface area contributed by atoms with E-state index in [1.807, 2.05) is 12.1 Å². The lowest BCUT2D eigenvalue weighted by Gasteiger charge is -2.52. The number of nitrogens with zero attached hydrogens (tertiary/aromatic N) is 2. The van der Waals surface area contributed by atoms with Crippen LogP contribution in [0.3, 0.4) is 0 Å². The Morgan fingerprint density at radius 1 is 1.30 bits per heavy atom. The Kier molecular flexibility index (Phi) is 7.22. The van der Waals surface area contributed by atoms with E-state index in [9.17, 15) is 14.7 Å². The summed E-state index contributed by atoms with van der Waals surface area (Å²) in [4.78, 5) is 30.3. The number of carbonyl (C=O) groups excluding carboxylic acids is 1. The van der Waals surface area contributed by atoms with Gasteiger partial charge < -0.3 is 20.1 Å². The maximum atomic E-state index is 12.9. The maximum Gasteiger partial charge on any atom is 0.309 e. The lowest BCUT2D eigenvalue weighted by molar-refractivity contribution is -0.153. The molecule has 178 valence electrons. The highest BCUT2D eigenvalue weighted by Crippen LogP contribution is 2.40. The van der Waals surface area contributed by atoms with Crippen LogP contribution in [0.1, 0.15) is 51.2 Å². The third-order valence-corrected chi connectivity index (χ3v) is 6.54. The molecule has 0 atom stereocenters. The van der Waals surface area contributed by atoms with Crippen LogP contribution in [-0.2, 0) is 15.0 Å². The fraction of sp³-hybridized carbons (Fsp3) is 0.480. The Bertz CT molecular complexity index is 1030. The first-order valence-electron chi connectivity index (χ1n) is 11.0. The van der Waals surface area contributed by atoms with Gasteiger partial charge in [-0.3, -0.25) is 9.59 Å². The van der Waals surface area contributed by atoms with E-state index < -0.39 is 11.4 Å². The van der Waals surface area contributed by atoms with Crippen molar-refractivity contribution in [2.75, 3.05) is 32.1 Å². The van der Waals surface area contributed by atoms with E-state index in [0.29, 0.717) is 36.5 Å². The Balaban J connectivity index is 1.87. The van der Waals surface area contributed by atoms with Gasteiger partial charge in [-0.2, -0.15) is 0 Å². The molecule has 2 aromatic rings. The number of carbonyl (C=O) groups is 2. The zero-order valence-corrected chi connectivity index (χ0v) is 20.6. The second-order valence-electron chi connectivity index (χ2n) is 9.70. The van der Waals surface area contributed by atoms with Gasteiger partial charge in [-0.1, -0.05) is 49.7 Å². The molecule has 3 rings (SSSR count). The van der Waals surface area contributed by atoms with Crippen molar-refractivity contribution in [2.45, 2.75) is 45.4 Å². The molecular formula is C25H32ClN3O4. The number of carboxylic acids is 1. The third kappa shape index (κ3) is 5.24. The third-order valence-electron chi connectivity index (χ3n) is 6.34. The highest BCUT2D eigenvalue weighted by Gasteiger charge is 2.48. The molecule has 1 saturated heterocycles. The Morgan fingerprint density at radius 2 is 1.97 bits per heavy atom. The van der Waals surface area contributed by atoms with Gasteiger partial charge in [0, 0.05) is 37.5 Å². The van der Waals surface area contributed by atoms with Crippen LogP contribution >= 0.6 is 11.6 Å². The molecular weight excluding hydrogens is 442 g/mol. The number of rotatable bonds is 9. The minimum atomic E-state index is -1.11. The number of aliphatic carboxylic acids is 1. The highest BCUT2D eigenvalue weighted by molar-refractivity contribution is 6.29. The normalized spacial score (nSPS) is 15.2. The van der Waals surface area contributed by atoms with Crippen LogP contribution in [-0.4, -0.2) is 53.6 Å². The maximum absolute atomic E-state index is 12.9. The van der Waals surface area contributed by atoms with Gasteiger partial charge in [-0.15, -0.1) is 0 Å². The topological polar surface area (TPSA) is 91.8 Å². The molecule has 0 aliphatic carbocycles. The van der Waals surface area contributed by atoms with Crippen LogP contribution in [0.25, 0.3) is 0 Å². The van der Waals surface area contributed by atoms with E-state index in [1.165, 1.54) is 11.1 Å². The number of amides is 1. The summed E-state index contributed by atoms with van der Waals surface area (Å²) in [7, 11) is 1.58. The van der Waals surface area contributed by atoms with Crippen LogP contribution in [0, 0.1) is 5.41 Å². The first kappa shape index (κ1) is 24.8. The van der Waals surface area contributed by atoms with Gasteiger partial charge in [0.1, 0.15) is 10.9 Å². The van der Waals surface area contributed by atoms with Crippen molar-refractivity contribution in [3.05, 3.63) is 52.8 Å². The van der Waals surface area contributed by atoms with Crippen molar-refractivity contribution in [3.63, 3.8) is 0 Å². The number of nitrogens with one attached hydrogen (secondary N) is 1. The van der Waals surface area contributed by atoms with E-state index in [-0.39, 0.29) is 17.7 Å². The number of hydrogen-bond acceptors (Lipinski definition) is 5. The quantitative estimate of drug-likeness (QED) is 0.519. The van der Waals surface area contributed by atoms with E-state index in [2.05, 4.69) is 36.3 Å². The molecule has 1 fully saturated rings. The summed E-state index contributed by atoms with van der Waals surface area (Å²) in [5, 5.41) is 13.2. The van der Waals surface area contributed by atoms with E-state index in [1.54, 1.807) is 38.1 Å². The molecule has 1 aliphatic rings. The van der Waals surface area contributed by atoms with Crippen molar-refractivity contribution < 1.29 is 19.4 Å². The van der Waals surface area contributed by atoms with Gasteiger partial charge >= 0.3 is 5.97 Å². The average Bonchev–Trinajstić information content (AvgIpc) is 2.73. The van der Waals surface area contributed by atoms with Crippen molar-refractivity contribution in [1.82, 2.24) is 9.88 Å². The van der Waals surface area contributed by atoms with Crippen LogP contribution in [0.4, 0.5) is 5.69 Å². The summed E-state index contributed by atoms with van der Waals surface area (Å²) in [6.07, 6.45) is 1.60. The zero-order valence-electron chi connectivity index (χ0n) is 19.8. The number of benzene rings is 1. The van der Waals surface area contributed by atoms with Crippen molar-refractivity contribution in [1.29, 1.82) is 0 Å². The first-order chi connectivity index (χ1) is 15.5. The lowest BCUT2D eigenvalue weighted by Crippen LogP contribution is -2.64. The predicted molar refractivity (Wildman–Crippen MR) is 129 cm³/mol. The molecule has 0 spiro atoms. The smallest absolute Gasteiger partial charge is 0.309 e. The number of methoxy groups -OCH3 is 1. The molecule has 2 heterocycles. The van der Waals surface area contributed by atoms with Gasteiger partial charge in [0.15, 0.2) is 0 Å². The monoisotopic (exact) mass is 473 g/mol. The molecule has 1 aliphatic heterocycles. The molecule has 0 saturated carbocycles. The fourth-order valence-corrected chi connectivity index (χ4v) is 4.41. The summed E-state index contributed by atoms with van der Waals surface area (Å²) in [5.74, 6) is -0.208. The fourth-order valence-electron chi connectivity index (χ4n) is 4.27. The van der Waals surface area contributed by atoms with E-state index in [0.717, 1.165) is 5.69 Å². The molecule has 7 nitrogen and oxygen atoms in total. The van der Waals surface area contributed by atoms with Crippen LogP contribution in [0.15, 0.2) is 36.5 Å². The summed E-state index contributed by atoms with van der Waals surface area (Å²) in [5.41, 5.74) is 1.72. The van der Waals surface area contributed by atoms with Crippen molar-refractivity contribution in [2.24, 2.45) is 5.41 Å². The Labute approximate surface area is 200 Å². The zero-order chi connectivity index (χ0) is 24.4. The molecule has 2 N–H and O–H groups in total. The standard InChI is InChI=1S/C25H32ClN3O4/c1-16(2)17-8-6-7-9-18(17)25(13-28-19-12-27-21(26)10-20(19)33-5)14-29(15-25)22(30)11-24(3,4)23(31)32/h6-10,12,16,28H,11,13-15H2,1-5H3,(H,31,32). The largest absolute Gasteiger partial charge is 0.494 e. The number of halogens is 1. The molecule has 1 amide bonds.